The summed E-state index contributed by atoms with van der Waals surface area (Å²) in [7, 11) is 0. The van der Waals surface area contributed by atoms with Gasteiger partial charge in [0, 0.05) is 30.9 Å². The summed E-state index contributed by atoms with van der Waals surface area (Å²) in [5.41, 5.74) is 3.23. The van der Waals surface area contributed by atoms with E-state index in [2.05, 4.69) is 34.3 Å². The maximum atomic E-state index is 13.2. The third-order valence-electron chi connectivity index (χ3n) is 5.68. The number of hydrogen-bond donors (Lipinski definition) is 1. The minimum Gasteiger partial charge on any atom is -0.396 e. The molecule has 4 rings (SSSR count). The molecule has 1 fully saturated rings. The monoisotopic (exact) mass is 379 g/mol. The number of likely N-dealkylation sites (tertiary alicyclic amines) is 1. The van der Waals surface area contributed by atoms with E-state index in [1.54, 1.807) is 6.20 Å². The van der Waals surface area contributed by atoms with Crippen molar-refractivity contribution in [3.8, 4) is 5.69 Å². The highest BCUT2D eigenvalue weighted by Crippen LogP contribution is 2.34. The molecule has 1 atom stereocenters. The fraction of sp³-hybridized carbons (Fsp3) is 0.348. The lowest BCUT2D eigenvalue weighted by Gasteiger charge is -2.42. The summed E-state index contributed by atoms with van der Waals surface area (Å²) in [6.45, 7) is 2.90. The molecule has 0 bridgehead atoms. The molecular formula is C23H26FN3O. The molecule has 0 radical (unpaired) electrons. The minimum absolute atomic E-state index is 0.152. The first-order chi connectivity index (χ1) is 13.7. The van der Waals surface area contributed by atoms with Crippen LogP contribution in [0.25, 0.3) is 5.69 Å². The Morgan fingerprint density at radius 3 is 2.46 bits per heavy atom. The number of rotatable bonds is 6. The van der Waals surface area contributed by atoms with E-state index >= 15 is 0 Å². The molecule has 0 saturated carbocycles. The first-order valence-electron chi connectivity index (χ1n) is 9.82. The summed E-state index contributed by atoms with van der Waals surface area (Å²) in [5, 5.41) is 14.4. The van der Waals surface area contributed by atoms with E-state index in [0.29, 0.717) is 0 Å². The predicted octanol–water partition coefficient (Wildman–Crippen LogP) is 3.83. The molecule has 4 nitrogen and oxygen atoms in total. The maximum Gasteiger partial charge on any atom is 0.123 e. The zero-order valence-electron chi connectivity index (χ0n) is 16.0. The summed E-state index contributed by atoms with van der Waals surface area (Å²) >= 11 is 0. The lowest BCUT2D eigenvalue weighted by molar-refractivity contribution is 0.0288. The quantitative estimate of drug-likeness (QED) is 0.708. The SMILES string of the molecule is OC[C@]1(Cc2ccc(F)cc2)CCCN(Cc2ccc(-n3cccn3)cc2)C1. The van der Waals surface area contributed by atoms with Crippen LogP contribution < -0.4 is 0 Å². The van der Waals surface area contributed by atoms with Crippen molar-refractivity contribution < 1.29 is 9.50 Å². The molecule has 0 aliphatic carbocycles. The zero-order chi connectivity index (χ0) is 19.4. The molecule has 28 heavy (non-hydrogen) atoms. The van der Waals surface area contributed by atoms with Gasteiger partial charge in [-0.3, -0.25) is 4.90 Å². The van der Waals surface area contributed by atoms with Crippen LogP contribution >= 0.6 is 0 Å². The molecule has 5 heteroatoms. The van der Waals surface area contributed by atoms with E-state index in [0.717, 1.165) is 50.1 Å². The topological polar surface area (TPSA) is 41.3 Å². The van der Waals surface area contributed by atoms with Crippen molar-refractivity contribution in [1.82, 2.24) is 14.7 Å². The van der Waals surface area contributed by atoms with Crippen LogP contribution in [0.4, 0.5) is 4.39 Å². The molecule has 3 aromatic rings. The largest absolute Gasteiger partial charge is 0.396 e. The van der Waals surface area contributed by atoms with Crippen molar-refractivity contribution in [3.63, 3.8) is 0 Å². The van der Waals surface area contributed by atoms with Crippen molar-refractivity contribution in [2.45, 2.75) is 25.8 Å². The van der Waals surface area contributed by atoms with Crippen molar-refractivity contribution in [2.24, 2.45) is 5.41 Å². The summed E-state index contributed by atoms with van der Waals surface area (Å²) in [6, 6.07) is 17.0. The third-order valence-corrected chi connectivity index (χ3v) is 5.68. The third kappa shape index (κ3) is 4.32. The molecule has 0 unspecified atom stereocenters. The van der Waals surface area contributed by atoms with Gasteiger partial charge in [0.1, 0.15) is 5.82 Å². The van der Waals surface area contributed by atoms with Gasteiger partial charge in [0.05, 0.1) is 12.3 Å². The van der Waals surface area contributed by atoms with Gasteiger partial charge in [0.15, 0.2) is 0 Å². The number of benzene rings is 2. The molecule has 1 N–H and O–H groups in total. The Morgan fingerprint density at radius 2 is 1.79 bits per heavy atom. The highest BCUT2D eigenvalue weighted by atomic mass is 19.1. The van der Waals surface area contributed by atoms with Crippen LogP contribution in [0.2, 0.25) is 0 Å². The molecular weight excluding hydrogens is 353 g/mol. The van der Waals surface area contributed by atoms with Gasteiger partial charge in [-0.2, -0.15) is 5.10 Å². The van der Waals surface area contributed by atoms with Gasteiger partial charge in [-0.25, -0.2) is 9.07 Å². The molecule has 2 heterocycles. The smallest absolute Gasteiger partial charge is 0.123 e. The Balaban J connectivity index is 1.43. The molecule has 1 saturated heterocycles. The summed E-state index contributed by atoms with van der Waals surface area (Å²) in [6.07, 6.45) is 6.54. The molecule has 0 amide bonds. The average molecular weight is 379 g/mol. The van der Waals surface area contributed by atoms with E-state index in [-0.39, 0.29) is 17.8 Å². The van der Waals surface area contributed by atoms with Crippen molar-refractivity contribution in [3.05, 3.63) is 83.9 Å². The first-order valence-corrected chi connectivity index (χ1v) is 9.82. The highest BCUT2D eigenvalue weighted by Gasteiger charge is 2.35. The Morgan fingerprint density at radius 1 is 1.04 bits per heavy atom. The lowest BCUT2D eigenvalue weighted by Crippen LogP contribution is -2.46. The van der Waals surface area contributed by atoms with Crippen LogP contribution in [0.3, 0.4) is 0 Å². The fourth-order valence-electron chi connectivity index (χ4n) is 4.24. The van der Waals surface area contributed by atoms with Crippen LogP contribution in [0.5, 0.6) is 0 Å². The van der Waals surface area contributed by atoms with Crippen molar-refractivity contribution >= 4 is 0 Å². The van der Waals surface area contributed by atoms with Crippen LogP contribution in [-0.4, -0.2) is 39.5 Å². The summed E-state index contributed by atoms with van der Waals surface area (Å²) in [5.74, 6) is -0.217. The number of halogens is 1. The van der Waals surface area contributed by atoms with E-state index < -0.39 is 0 Å². The fourth-order valence-corrected chi connectivity index (χ4v) is 4.24. The summed E-state index contributed by atoms with van der Waals surface area (Å²) in [4.78, 5) is 2.42. The van der Waals surface area contributed by atoms with Gasteiger partial charge in [0.25, 0.3) is 0 Å². The second kappa shape index (κ2) is 8.25. The first kappa shape index (κ1) is 18.8. The summed E-state index contributed by atoms with van der Waals surface area (Å²) < 4.78 is 15.1. The van der Waals surface area contributed by atoms with Gasteiger partial charge < -0.3 is 5.11 Å². The minimum atomic E-state index is -0.217. The Bertz CT molecular complexity index is 877. The van der Waals surface area contributed by atoms with Crippen LogP contribution in [0.1, 0.15) is 24.0 Å². The maximum absolute atomic E-state index is 13.2. The Hall–Kier alpha value is -2.50. The number of piperidine rings is 1. The number of nitrogens with zero attached hydrogens (tertiary/aromatic N) is 3. The van der Waals surface area contributed by atoms with Gasteiger partial charge in [-0.1, -0.05) is 24.3 Å². The lowest BCUT2D eigenvalue weighted by atomic mass is 9.75. The van der Waals surface area contributed by atoms with Gasteiger partial charge >= 0.3 is 0 Å². The zero-order valence-corrected chi connectivity index (χ0v) is 16.0. The normalized spacial score (nSPS) is 20.4. The predicted molar refractivity (Wildman–Crippen MR) is 108 cm³/mol. The van der Waals surface area contributed by atoms with Crippen LogP contribution in [0, 0.1) is 11.2 Å². The Kier molecular flexibility index (Phi) is 5.55. The Labute approximate surface area is 165 Å². The number of aromatic nitrogens is 2. The molecule has 2 aromatic carbocycles. The molecule has 0 spiro atoms. The molecule has 146 valence electrons. The second-order valence-electron chi connectivity index (χ2n) is 7.89. The van der Waals surface area contributed by atoms with Gasteiger partial charge in [0.2, 0.25) is 0 Å². The van der Waals surface area contributed by atoms with Crippen LogP contribution in [-0.2, 0) is 13.0 Å². The number of hydrogen-bond acceptors (Lipinski definition) is 3. The molecule has 1 aromatic heterocycles. The van der Waals surface area contributed by atoms with Crippen molar-refractivity contribution in [1.29, 1.82) is 0 Å². The van der Waals surface area contributed by atoms with Crippen molar-refractivity contribution in [2.75, 3.05) is 19.7 Å². The standard InChI is InChI=1S/C23H26FN3O/c24-21-7-3-19(4-8-21)15-23(18-28)11-1-13-26(17-23)16-20-5-9-22(10-6-20)27-14-2-12-25-27/h2-10,12,14,28H,1,11,13,15-18H2/t23-/m0/s1. The van der Waals surface area contributed by atoms with Crippen LogP contribution in [0.15, 0.2) is 67.0 Å². The highest BCUT2D eigenvalue weighted by molar-refractivity contribution is 5.33. The second-order valence-corrected chi connectivity index (χ2v) is 7.89. The van der Waals surface area contributed by atoms with E-state index in [1.807, 2.05) is 29.1 Å². The van der Waals surface area contributed by atoms with E-state index in [4.69, 9.17) is 0 Å². The average Bonchev–Trinajstić information content (AvgIpc) is 3.26. The number of aliphatic hydroxyl groups is 1. The molecule has 1 aliphatic rings. The van der Waals surface area contributed by atoms with E-state index in [9.17, 15) is 9.50 Å². The van der Waals surface area contributed by atoms with Gasteiger partial charge in [-0.05, 0) is 67.3 Å². The van der Waals surface area contributed by atoms with Gasteiger partial charge in [-0.15, -0.1) is 0 Å². The van der Waals surface area contributed by atoms with E-state index in [1.165, 1.54) is 17.7 Å². The number of aliphatic hydroxyl groups excluding tert-OH is 1. The molecule has 1 aliphatic heterocycles.